The Bertz CT molecular complexity index is 579. The zero-order valence-corrected chi connectivity index (χ0v) is 17.6. The Morgan fingerprint density at radius 3 is 2.93 bits per heavy atom. The number of hydrogen-bond donors (Lipinski definition) is 5. The first-order chi connectivity index (χ1) is 14.1. The van der Waals surface area contributed by atoms with Crippen LogP contribution in [0.3, 0.4) is 0 Å². The molecule has 4 aliphatic rings. The molecule has 1 aliphatic carbocycles. The number of nitrogens with one attached hydrogen (secondary N) is 5. The van der Waals surface area contributed by atoms with Gasteiger partial charge in [0, 0.05) is 31.2 Å². The number of fused-ring (bicyclic) bond motifs is 1. The summed E-state index contributed by atoms with van der Waals surface area (Å²) in [5.41, 5.74) is 1.21. The minimum Gasteiger partial charge on any atom is -0.377 e. The lowest BCUT2D eigenvalue weighted by Crippen LogP contribution is -2.73. The van der Waals surface area contributed by atoms with Crippen LogP contribution in [0.2, 0.25) is 0 Å². The number of rotatable bonds is 5. The third kappa shape index (κ3) is 4.67. The van der Waals surface area contributed by atoms with E-state index in [1.54, 1.807) is 0 Å². The fourth-order valence-electron chi connectivity index (χ4n) is 5.56. The first-order valence-corrected chi connectivity index (χ1v) is 11.4. The number of halogens is 2. The number of alkyl halides is 2. The Morgan fingerprint density at radius 2 is 2.10 bits per heavy atom. The molecule has 9 unspecified atom stereocenters. The van der Waals surface area contributed by atoms with Gasteiger partial charge in [-0.2, -0.15) is 0 Å². The topological polar surface area (TPSA) is 69.4 Å². The normalized spacial score (nSPS) is 46.1. The predicted molar refractivity (Wildman–Crippen MR) is 110 cm³/mol. The first kappa shape index (κ1) is 21.6. The molecule has 9 atom stereocenters. The van der Waals surface area contributed by atoms with Gasteiger partial charge in [-0.05, 0) is 51.6 Å². The van der Waals surface area contributed by atoms with Crippen molar-refractivity contribution in [2.45, 2.75) is 82.5 Å². The van der Waals surface area contributed by atoms with Crippen LogP contribution < -0.4 is 26.6 Å². The molecule has 0 aromatic heterocycles. The van der Waals surface area contributed by atoms with Crippen molar-refractivity contribution in [1.82, 2.24) is 26.6 Å². The third-order valence-electron chi connectivity index (χ3n) is 7.03. The first-order valence-electron chi connectivity index (χ1n) is 11.4. The lowest BCUT2D eigenvalue weighted by atomic mass is 9.71. The predicted octanol–water partition coefficient (Wildman–Crippen LogP) is 1.16. The molecule has 4 rings (SSSR count). The van der Waals surface area contributed by atoms with Crippen molar-refractivity contribution >= 4 is 0 Å². The lowest BCUT2D eigenvalue weighted by Gasteiger charge is -2.46. The average molecular weight is 414 g/mol. The molecule has 8 heteroatoms. The molecule has 2 saturated heterocycles. The van der Waals surface area contributed by atoms with Crippen LogP contribution in [0.4, 0.5) is 8.78 Å². The van der Waals surface area contributed by atoms with Crippen molar-refractivity contribution in [3.8, 4) is 0 Å². The standard InChI is InChI=1S/C21H37F2N5O/c1-3-25-20-17(22)12(2)26-21(28-20)27-15-11-14-7-10-29-19(14)16(18(15)23)13-5-4-8-24-9-6-13/h6,12,14-21,24-28H,3-5,7-11H2,1-2H3. The molecule has 3 heterocycles. The molecule has 3 fully saturated rings. The van der Waals surface area contributed by atoms with Crippen LogP contribution in [0.5, 0.6) is 0 Å². The summed E-state index contributed by atoms with van der Waals surface area (Å²) < 4.78 is 36.4. The second kappa shape index (κ2) is 9.66. The van der Waals surface area contributed by atoms with Gasteiger partial charge in [0.2, 0.25) is 0 Å². The molecule has 0 aromatic carbocycles. The molecule has 0 amide bonds. The Morgan fingerprint density at radius 1 is 1.24 bits per heavy atom. The molecule has 5 N–H and O–H groups in total. The Labute approximate surface area is 173 Å². The summed E-state index contributed by atoms with van der Waals surface area (Å²) in [5, 5.41) is 16.4. The molecule has 3 aliphatic heterocycles. The van der Waals surface area contributed by atoms with Gasteiger partial charge in [0.25, 0.3) is 0 Å². The van der Waals surface area contributed by atoms with Gasteiger partial charge in [0.15, 0.2) is 0 Å². The average Bonchev–Trinajstić information content (AvgIpc) is 2.99. The zero-order valence-electron chi connectivity index (χ0n) is 17.6. The van der Waals surface area contributed by atoms with Crippen molar-refractivity contribution in [3.05, 3.63) is 11.6 Å². The second-order valence-electron chi connectivity index (χ2n) is 8.98. The largest absolute Gasteiger partial charge is 0.377 e. The third-order valence-corrected chi connectivity index (χ3v) is 7.03. The van der Waals surface area contributed by atoms with Crippen LogP contribution >= 0.6 is 0 Å². The molecule has 29 heavy (non-hydrogen) atoms. The van der Waals surface area contributed by atoms with Gasteiger partial charge in [0.05, 0.1) is 12.3 Å². The van der Waals surface area contributed by atoms with Gasteiger partial charge in [-0.25, -0.2) is 8.78 Å². The van der Waals surface area contributed by atoms with Crippen molar-refractivity contribution in [3.63, 3.8) is 0 Å². The van der Waals surface area contributed by atoms with Crippen LogP contribution in [-0.4, -0.2) is 69.2 Å². The summed E-state index contributed by atoms with van der Waals surface area (Å²) >= 11 is 0. The van der Waals surface area contributed by atoms with E-state index in [1.807, 2.05) is 13.8 Å². The highest BCUT2D eigenvalue weighted by Gasteiger charge is 2.50. The molecular formula is C21H37F2N5O. The van der Waals surface area contributed by atoms with E-state index >= 15 is 4.39 Å². The molecule has 0 bridgehead atoms. The highest BCUT2D eigenvalue weighted by Crippen LogP contribution is 2.44. The molecule has 0 aromatic rings. The maximum absolute atomic E-state index is 15.9. The molecular weight excluding hydrogens is 376 g/mol. The summed E-state index contributed by atoms with van der Waals surface area (Å²) in [5.74, 6) is 0.189. The van der Waals surface area contributed by atoms with E-state index in [9.17, 15) is 4.39 Å². The minimum absolute atomic E-state index is 0.0108. The summed E-state index contributed by atoms with van der Waals surface area (Å²) in [7, 11) is 0. The van der Waals surface area contributed by atoms with E-state index in [2.05, 4.69) is 32.7 Å². The quantitative estimate of drug-likeness (QED) is 0.436. The molecule has 0 radical (unpaired) electrons. The lowest BCUT2D eigenvalue weighted by molar-refractivity contribution is -0.0283. The highest BCUT2D eigenvalue weighted by atomic mass is 19.1. The van der Waals surface area contributed by atoms with Gasteiger partial charge < -0.3 is 10.1 Å². The van der Waals surface area contributed by atoms with Crippen molar-refractivity contribution in [1.29, 1.82) is 0 Å². The van der Waals surface area contributed by atoms with Crippen LogP contribution in [0.25, 0.3) is 0 Å². The maximum atomic E-state index is 15.9. The molecule has 0 spiro atoms. The van der Waals surface area contributed by atoms with Gasteiger partial charge in [-0.15, -0.1) is 0 Å². The number of hydrogen-bond acceptors (Lipinski definition) is 6. The van der Waals surface area contributed by atoms with E-state index in [0.717, 1.165) is 45.4 Å². The summed E-state index contributed by atoms with van der Waals surface area (Å²) in [6.45, 7) is 6.98. The van der Waals surface area contributed by atoms with E-state index in [1.165, 1.54) is 5.57 Å². The Balaban J connectivity index is 1.47. The summed E-state index contributed by atoms with van der Waals surface area (Å²) in [6.07, 6.45) is 3.07. The molecule has 6 nitrogen and oxygen atoms in total. The summed E-state index contributed by atoms with van der Waals surface area (Å²) in [6, 6.07) is -0.593. The van der Waals surface area contributed by atoms with Crippen molar-refractivity contribution in [2.24, 2.45) is 11.8 Å². The smallest absolute Gasteiger partial charge is 0.143 e. The van der Waals surface area contributed by atoms with E-state index in [-0.39, 0.29) is 30.4 Å². The van der Waals surface area contributed by atoms with E-state index in [0.29, 0.717) is 12.5 Å². The van der Waals surface area contributed by atoms with Gasteiger partial charge in [0.1, 0.15) is 18.6 Å². The van der Waals surface area contributed by atoms with E-state index < -0.39 is 18.5 Å². The molecule has 1 saturated carbocycles. The molecule has 166 valence electrons. The maximum Gasteiger partial charge on any atom is 0.143 e. The second-order valence-corrected chi connectivity index (χ2v) is 8.98. The fraction of sp³-hybridized carbons (Fsp3) is 0.905. The van der Waals surface area contributed by atoms with Crippen LogP contribution in [-0.2, 0) is 4.74 Å². The van der Waals surface area contributed by atoms with Gasteiger partial charge in [-0.1, -0.05) is 18.6 Å². The Kier molecular flexibility index (Phi) is 7.19. The summed E-state index contributed by atoms with van der Waals surface area (Å²) in [4.78, 5) is 0. The Hall–Kier alpha value is -0.640. The highest BCUT2D eigenvalue weighted by molar-refractivity contribution is 5.18. The van der Waals surface area contributed by atoms with E-state index in [4.69, 9.17) is 4.74 Å². The van der Waals surface area contributed by atoms with Crippen LogP contribution in [0.15, 0.2) is 11.6 Å². The fourth-order valence-corrected chi connectivity index (χ4v) is 5.56. The van der Waals surface area contributed by atoms with Crippen LogP contribution in [0, 0.1) is 11.8 Å². The van der Waals surface area contributed by atoms with Crippen molar-refractivity contribution in [2.75, 3.05) is 26.2 Å². The zero-order chi connectivity index (χ0) is 20.4. The van der Waals surface area contributed by atoms with Crippen molar-refractivity contribution < 1.29 is 13.5 Å². The SMILES string of the molecule is CCNC1NC(NC2CC3CCOC3C(C3=CCNCCC3)C2F)NC(C)C1F. The monoisotopic (exact) mass is 413 g/mol. The minimum atomic E-state index is -1.04. The number of ether oxygens (including phenoxy) is 1. The van der Waals surface area contributed by atoms with Gasteiger partial charge in [-0.3, -0.25) is 21.3 Å². The van der Waals surface area contributed by atoms with Gasteiger partial charge >= 0.3 is 0 Å². The van der Waals surface area contributed by atoms with Crippen LogP contribution in [0.1, 0.15) is 39.5 Å².